The molecule has 0 aliphatic rings. The van der Waals surface area contributed by atoms with Gasteiger partial charge < -0.3 is 10.4 Å². The summed E-state index contributed by atoms with van der Waals surface area (Å²) in [6.07, 6.45) is 1.24. The number of carbonyl (C=O) groups is 1. The molecule has 5 nitrogen and oxygen atoms in total. The highest BCUT2D eigenvalue weighted by atomic mass is 35.5. The molecule has 2 aromatic rings. The number of nitrogens with zero attached hydrogens (tertiary/aromatic N) is 2. The lowest BCUT2D eigenvalue weighted by atomic mass is 10.1. The van der Waals surface area contributed by atoms with Crippen molar-refractivity contribution >= 4 is 23.3 Å². The Bertz CT molecular complexity index is 608. The zero-order chi connectivity index (χ0) is 15.2. The molecule has 0 radical (unpaired) electrons. The monoisotopic (exact) mass is 307 g/mol. The largest absolute Gasteiger partial charge is 0.394 e. The molecular weight excluding hydrogens is 290 g/mol. The van der Waals surface area contributed by atoms with Gasteiger partial charge in [-0.25, -0.2) is 4.68 Å². The number of aliphatic hydroxyl groups is 1. The van der Waals surface area contributed by atoms with Crippen LogP contribution in [-0.2, 0) is 11.3 Å². The van der Waals surface area contributed by atoms with Gasteiger partial charge in [-0.15, -0.1) is 0 Å². The molecule has 0 bridgehead atoms. The first kappa shape index (κ1) is 15.5. The summed E-state index contributed by atoms with van der Waals surface area (Å²) in [5.41, 5.74) is 1.63. The number of nitrogens with one attached hydrogen (secondary N) is 1. The fourth-order valence-electron chi connectivity index (χ4n) is 1.98. The first-order valence-electron chi connectivity index (χ1n) is 6.88. The second kappa shape index (κ2) is 7.24. The van der Waals surface area contributed by atoms with Gasteiger partial charge in [-0.2, -0.15) is 5.10 Å². The Kier molecular flexibility index (Phi) is 5.36. The summed E-state index contributed by atoms with van der Waals surface area (Å²) in [6.45, 7) is 2.23. The Morgan fingerprint density at radius 3 is 2.71 bits per heavy atom. The second-order valence-corrected chi connectivity index (χ2v) is 5.10. The van der Waals surface area contributed by atoms with E-state index < -0.39 is 0 Å². The number of aromatic nitrogens is 2. The van der Waals surface area contributed by atoms with Crippen molar-refractivity contribution in [1.29, 1.82) is 0 Å². The first-order valence-corrected chi connectivity index (χ1v) is 7.26. The van der Waals surface area contributed by atoms with Crippen molar-refractivity contribution in [1.82, 2.24) is 9.78 Å². The van der Waals surface area contributed by atoms with Crippen molar-refractivity contribution in [3.63, 3.8) is 0 Å². The third kappa shape index (κ3) is 4.06. The Balaban J connectivity index is 2.27. The molecule has 6 heteroatoms. The lowest BCUT2D eigenvalue weighted by molar-refractivity contribution is -0.116. The number of aliphatic hydroxyl groups excluding tert-OH is 1. The van der Waals surface area contributed by atoms with E-state index >= 15 is 0 Å². The number of carbonyl (C=O) groups excluding carboxylic acids is 1. The van der Waals surface area contributed by atoms with Crippen LogP contribution in [0.1, 0.15) is 19.8 Å². The fourth-order valence-corrected chi connectivity index (χ4v) is 2.10. The van der Waals surface area contributed by atoms with Crippen molar-refractivity contribution in [2.45, 2.75) is 26.3 Å². The van der Waals surface area contributed by atoms with E-state index in [0.29, 0.717) is 23.8 Å². The van der Waals surface area contributed by atoms with E-state index in [-0.39, 0.29) is 12.5 Å². The minimum absolute atomic E-state index is 0.0433. The molecule has 0 saturated carbocycles. The normalized spacial score (nSPS) is 10.6. The quantitative estimate of drug-likeness (QED) is 0.862. The van der Waals surface area contributed by atoms with Crippen LogP contribution in [-0.4, -0.2) is 27.4 Å². The molecular formula is C15H18ClN3O2. The third-order valence-electron chi connectivity index (χ3n) is 2.98. The smallest absolute Gasteiger partial charge is 0.225 e. The minimum Gasteiger partial charge on any atom is -0.394 e. The molecule has 0 unspecified atom stereocenters. The lowest BCUT2D eigenvalue weighted by Crippen LogP contribution is -2.16. The van der Waals surface area contributed by atoms with Gasteiger partial charge >= 0.3 is 0 Å². The van der Waals surface area contributed by atoms with E-state index in [1.807, 2.05) is 19.1 Å². The molecule has 0 atom stereocenters. The lowest BCUT2D eigenvalue weighted by Gasteiger charge is -2.06. The maximum Gasteiger partial charge on any atom is 0.225 e. The molecule has 1 aromatic heterocycles. The van der Waals surface area contributed by atoms with Gasteiger partial charge in [0, 0.05) is 23.1 Å². The molecule has 21 heavy (non-hydrogen) atoms. The van der Waals surface area contributed by atoms with Gasteiger partial charge in [0.1, 0.15) is 5.82 Å². The van der Waals surface area contributed by atoms with Crippen molar-refractivity contribution in [3.8, 4) is 11.3 Å². The summed E-state index contributed by atoms with van der Waals surface area (Å²) in [5, 5.41) is 17.0. The summed E-state index contributed by atoms with van der Waals surface area (Å²) in [6, 6.07) is 9.11. The Labute approximate surface area is 128 Å². The van der Waals surface area contributed by atoms with Crippen LogP contribution in [0.15, 0.2) is 30.3 Å². The summed E-state index contributed by atoms with van der Waals surface area (Å²) in [5.74, 6) is 0.534. The van der Waals surface area contributed by atoms with Crippen LogP contribution in [0.5, 0.6) is 0 Å². The van der Waals surface area contributed by atoms with E-state index in [1.54, 1.807) is 22.9 Å². The van der Waals surface area contributed by atoms with Gasteiger partial charge in [-0.3, -0.25) is 4.79 Å². The summed E-state index contributed by atoms with van der Waals surface area (Å²) >= 11 is 5.87. The highest BCUT2D eigenvalue weighted by Gasteiger charge is 2.11. The molecule has 1 amide bonds. The molecule has 112 valence electrons. The van der Waals surface area contributed by atoms with Crippen molar-refractivity contribution in [3.05, 3.63) is 35.4 Å². The highest BCUT2D eigenvalue weighted by molar-refractivity contribution is 6.30. The number of halogens is 1. The number of hydrogen-bond acceptors (Lipinski definition) is 3. The molecule has 0 aliphatic heterocycles. The molecule has 0 saturated heterocycles. The fraction of sp³-hybridized carbons (Fsp3) is 0.333. The molecule has 0 aliphatic carbocycles. The van der Waals surface area contributed by atoms with E-state index in [0.717, 1.165) is 17.7 Å². The SMILES string of the molecule is CCCC(=O)Nc1cc(-c2ccc(Cl)cc2)nn1CCO. The van der Waals surface area contributed by atoms with Crippen LogP contribution >= 0.6 is 11.6 Å². The summed E-state index contributed by atoms with van der Waals surface area (Å²) in [4.78, 5) is 11.7. The standard InChI is InChI=1S/C15H18ClN3O2/c1-2-3-15(21)17-14-10-13(18-19(14)8-9-20)11-4-6-12(16)7-5-11/h4-7,10,20H,2-3,8-9H2,1H3,(H,17,21). The number of hydrogen-bond donors (Lipinski definition) is 2. The van der Waals surface area contributed by atoms with Gasteiger partial charge in [-0.05, 0) is 18.6 Å². The minimum atomic E-state index is -0.0563. The molecule has 1 aromatic carbocycles. The zero-order valence-corrected chi connectivity index (χ0v) is 12.6. The first-order chi connectivity index (χ1) is 10.1. The maximum atomic E-state index is 11.7. The highest BCUT2D eigenvalue weighted by Crippen LogP contribution is 2.23. The number of benzene rings is 1. The number of amides is 1. The van der Waals surface area contributed by atoms with E-state index in [2.05, 4.69) is 10.4 Å². The van der Waals surface area contributed by atoms with Crippen LogP contribution < -0.4 is 5.32 Å². The van der Waals surface area contributed by atoms with Gasteiger partial charge in [0.25, 0.3) is 0 Å². The molecule has 1 heterocycles. The Morgan fingerprint density at radius 2 is 2.10 bits per heavy atom. The number of anilines is 1. The van der Waals surface area contributed by atoms with Crippen LogP contribution in [0.2, 0.25) is 5.02 Å². The Hall–Kier alpha value is -1.85. The zero-order valence-electron chi connectivity index (χ0n) is 11.8. The van der Waals surface area contributed by atoms with Gasteiger partial charge in [0.15, 0.2) is 0 Å². The van der Waals surface area contributed by atoms with Crippen molar-refractivity contribution < 1.29 is 9.90 Å². The van der Waals surface area contributed by atoms with Crippen LogP contribution in [0.25, 0.3) is 11.3 Å². The van der Waals surface area contributed by atoms with Gasteiger partial charge in [0.05, 0.1) is 18.8 Å². The van der Waals surface area contributed by atoms with E-state index in [9.17, 15) is 4.79 Å². The molecule has 0 spiro atoms. The second-order valence-electron chi connectivity index (χ2n) is 4.67. The number of rotatable bonds is 6. The third-order valence-corrected chi connectivity index (χ3v) is 3.23. The molecule has 2 N–H and O–H groups in total. The van der Waals surface area contributed by atoms with E-state index in [1.165, 1.54) is 0 Å². The van der Waals surface area contributed by atoms with Crippen LogP contribution in [0.3, 0.4) is 0 Å². The topological polar surface area (TPSA) is 67.2 Å². The predicted molar refractivity (Wildman–Crippen MR) is 83.3 cm³/mol. The average molecular weight is 308 g/mol. The van der Waals surface area contributed by atoms with Gasteiger partial charge in [0.2, 0.25) is 5.91 Å². The van der Waals surface area contributed by atoms with E-state index in [4.69, 9.17) is 16.7 Å². The van der Waals surface area contributed by atoms with Gasteiger partial charge in [-0.1, -0.05) is 30.7 Å². The van der Waals surface area contributed by atoms with Crippen LogP contribution in [0, 0.1) is 0 Å². The van der Waals surface area contributed by atoms with Crippen LogP contribution in [0.4, 0.5) is 5.82 Å². The maximum absolute atomic E-state index is 11.7. The predicted octanol–water partition coefficient (Wildman–Crippen LogP) is 2.93. The van der Waals surface area contributed by atoms with Crippen molar-refractivity contribution in [2.24, 2.45) is 0 Å². The molecule has 2 rings (SSSR count). The summed E-state index contributed by atoms with van der Waals surface area (Å²) < 4.78 is 1.59. The Morgan fingerprint density at radius 1 is 1.38 bits per heavy atom. The van der Waals surface area contributed by atoms with Crippen molar-refractivity contribution in [2.75, 3.05) is 11.9 Å². The average Bonchev–Trinajstić information content (AvgIpc) is 2.83. The summed E-state index contributed by atoms with van der Waals surface area (Å²) in [7, 11) is 0. The molecule has 0 fully saturated rings.